The molecule has 0 amide bonds. The molecule has 2 rings (SSSR count). The van der Waals surface area contributed by atoms with Crippen molar-refractivity contribution in [3.63, 3.8) is 0 Å². The summed E-state index contributed by atoms with van der Waals surface area (Å²) in [7, 11) is 5.28. The fraction of sp³-hybridized carbons (Fsp3) is 0.750. The van der Waals surface area contributed by atoms with E-state index in [9.17, 15) is 4.79 Å². The van der Waals surface area contributed by atoms with Crippen LogP contribution >= 0.6 is 23.1 Å². The lowest BCUT2D eigenvalue weighted by Crippen LogP contribution is -2.52. The number of ether oxygens (including phenoxy) is 1. The number of nitrogens with two attached hydrogens (primary N) is 1. The van der Waals surface area contributed by atoms with Crippen LogP contribution < -0.4 is 10.6 Å². The number of rotatable bonds is 4. The predicted octanol–water partition coefficient (Wildman–Crippen LogP) is 1.51. The quantitative estimate of drug-likeness (QED) is 0.843. The molecule has 1 fully saturated rings. The van der Waals surface area contributed by atoms with E-state index >= 15 is 0 Å². The van der Waals surface area contributed by atoms with Crippen LogP contribution in [0.3, 0.4) is 0 Å². The maximum Gasteiger partial charge on any atom is 0.325 e. The third-order valence-corrected chi connectivity index (χ3v) is 5.82. The van der Waals surface area contributed by atoms with Gasteiger partial charge in [0.1, 0.15) is 5.54 Å². The summed E-state index contributed by atoms with van der Waals surface area (Å²) in [6.45, 7) is 0. The molecule has 1 aromatic rings. The van der Waals surface area contributed by atoms with Crippen LogP contribution in [0.1, 0.15) is 25.7 Å². The summed E-state index contributed by atoms with van der Waals surface area (Å²) in [6, 6.07) is 0. The monoisotopic (exact) mass is 316 g/mol. The van der Waals surface area contributed by atoms with E-state index in [-0.39, 0.29) is 11.2 Å². The molecule has 1 saturated carbocycles. The highest BCUT2D eigenvalue weighted by atomic mass is 32.2. The molecule has 2 atom stereocenters. The van der Waals surface area contributed by atoms with Crippen LogP contribution in [0.5, 0.6) is 0 Å². The Labute approximate surface area is 127 Å². The summed E-state index contributed by atoms with van der Waals surface area (Å²) in [6.07, 6.45) is 3.29. The number of carbonyl (C=O) groups excluding carboxylic acids is 1. The highest BCUT2D eigenvalue weighted by molar-refractivity contribution is 8.01. The standard InChI is InChI=1S/C12H20N4O2S2/c1-16(2)10-14-15-11(20-10)19-8-5-4-6-12(13,7-8)9(17)18-3/h8H,4-7,13H2,1-3H3. The molecule has 8 heteroatoms. The lowest BCUT2D eigenvalue weighted by molar-refractivity contribution is -0.148. The fourth-order valence-corrected chi connectivity index (χ4v) is 4.68. The molecule has 0 bridgehead atoms. The number of thioether (sulfide) groups is 1. The molecule has 0 saturated heterocycles. The average molecular weight is 316 g/mol. The van der Waals surface area contributed by atoms with Crippen molar-refractivity contribution in [2.45, 2.75) is 40.8 Å². The molecule has 2 N–H and O–H groups in total. The second kappa shape index (κ2) is 6.28. The first-order valence-electron chi connectivity index (χ1n) is 6.49. The molecule has 20 heavy (non-hydrogen) atoms. The molecule has 112 valence electrons. The minimum Gasteiger partial charge on any atom is -0.468 e. The van der Waals surface area contributed by atoms with E-state index in [1.807, 2.05) is 19.0 Å². The van der Waals surface area contributed by atoms with Gasteiger partial charge in [-0.1, -0.05) is 23.1 Å². The summed E-state index contributed by atoms with van der Waals surface area (Å²) in [4.78, 5) is 13.7. The van der Waals surface area contributed by atoms with Gasteiger partial charge in [0.2, 0.25) is 5.13 Å². The molecular weight excluding hydrogens is 296 g/mol. The largest absolute Gasteiger partial charge is 0.468 e. The van der Waals surface area contributed by atoms with Gasteiger partial charge in [-0.2, -0.15) is 0 Å². The Kier molecular flexibility index (Phi) is 4.87. The van der Waals surface area contributed by atoms with Gasteiger partial charge < -0.3 is 15.4 Å². The van der Waals surface area contributed by atoms with Crippen molar-refractivity contribution in [2.75, 3.05) is 26.1 Å². The zero-order chi connectivity index (χ0) is 14.8. The summed E-state index contributed by atoms with van der Waals surface area (Å²) in [5.41, 5.74) is 5.33. The van der Waals surface area contributed by atoms with Crippen molar-refractivity contribution in [1.82, 2.24) is 10.2 Å². The normalized spacial score (nSPS) is 26.3. The van der Waals surface area contributed by atoms with Gasteiger partial charge in [-0.05, 0) is 25.7 Å². The smallest absolute Gasteiger partial charge is 0.325 e. The van der Waals surface area contributed by atoms with Gasteiger partial charge in [-0.3, -0.25) is 4.79 Å². The van der Waals surface area contributed by atoms with E-state index < -0.39 is 5.54 Å². The van der Waals surface area contributed by atoms with Gasteiger partial charge in [0, 0.05) is 19.3 Å². The molecule has 0 radical (unpaired) electrons. The zero-order valence-corrected chi connectivity index (χ0v) is 13.6. The van der Waals surface area contributed by atoms with E-state index in [0.717, 1.165) is 22.3 Å². The minimum absolute atomic E-state index is 0.288. The summed E-state index contributed by atoms with van der Waals surface area (Å²) >= 11 is 3.22. The lowest BCUT2D eigenvalue weighted by Gasteiger charge is -2.34. The highest BCUT2D eigenvalue weighted by Crippen LogP contribution is 2.39. The first-order chi connectivity index (χ1) is 9.44. The van der Waals surface area contributed by atoms with Gasteiger partial charge in [0.15, 0.2) is 4.34 Å². The van der Waals surface area contributed by atoms with E-state index in [1.165, 1.54) is 7.11 Å². The minimum atomic E-state index is -0.847. The van der Waals surface area contributed by atoms with Crippen LogP contribution in [0, 0.1) is 0 Å². The second-order valence-electron chi connectivity index (χ2n) is 5.23. The van der Waals surface area contributed by atoms with Gasteiger partial charge >= 0.3 is 5.97 Å². The molecule has 1 aromatic heterocycles. The van der Waals surface area contributed by atoms with Gasteiger partial charge in [0.25, 0.3) is 0 Å². The van der Waals surface area contributed by atoms with Crippen molar-refractivity contribution in [1.29, 1.82) is 0 Å². The Morgan fingerprint density at radius 2 is 2.30 bits per heavy atom. The molecule has 0 spiro atoms. The van der Waals surface area contributed by atoms with Crippen LogP contribution in [-0.4, -0.2) is 48.2 Å². The number of methoxy groups -OCH3 is 1. The van der Waals surface area contributed by atoms with Crippen LogP contribution in [0.25, 0.3) is 0 Å². The third kappa shape index (κ3) is 3.42. The lowest BCUT2D eigenvalue weighted by atomic mass is 9.82. The number of esters is 1. The molecule has 2 unspecified atom stereocenters. The Bertz CT molecular complexity index is 480. The molecule has 0 aromatic carbocycles. The van der Waals surface area contributed by atoms with Gasteiger partial charge in [-0.15, -0.1) is 10.2 Å². The number of nitrogens with zero attached hydrogens (tertiary/aromatic N) is 3. The summed E-state index contributed by atoms with van der Waals surface area (Å²) in [5, 5.41) is 9.47. The first kappa shape index (κ1) is 15.5. The zero-order valence-electron chi connectivity index (χ0n) is 12.0. The van der Waals surface area contributed by atoms with E-state index in [2.05, 4.69) is 10.2 Å². The van der Waals surface area contributed by atoms with Crippen molar-refractivity contribution in [2.24, 2.45) is 5.73 Å². The average Bonchev–Trinajstić information content (AvgIpc) is 2.86. The molecule has 1 aliphatic carbocycles. The van der Waals surface area contributed by atoms with Crippen LogP contribution in [0.15, 0.2) is 4.34 Å². The van der Waals surface area contributed by atoms with Crippen LogP contribution in [0.2, 0.25) is 0 Å². The Hall–Kier alpha value is -0.860. The van der Waals surface area contributed by atoms with Gasteiger partial charge in [0.05, 0.1) is 7.11 Å². The van der Waals surface area contributed by atoms with Gasteiger partial charge in [-0.25, -0.2) is 0 Å². The summed E-state index contributed by atoms with van der Waals surface area (Å²) in [5.74, 6) is -0.311. The van der Waals surface area contributed by atoms with Crippen LogP contribution in [0.4, 0.5) is 5.13 Å². The third-order valence-electron chi connectivity index (χ3n) is 3.38. The fourth-order valence-electron chi connectivity index (χ4n) is 2.32. The van der Waals surface area contributed by atoms with E-state index in [4.69, 9.17) is 10.5 Å². The maximum absolute atomic E-state index is 11.8. The Balaban J connectivity index is 2.00. The topological polar surface area (TPSA) is 81.3 Å². The molecule has 6 nitrogen and oxygen atoms in total. The predicted molar refractivity (Wildman–Crippen MR) is 81.3 cm³/mol. The highest BCUT2D eigenvalue weighted by Gasteiger charge is 2.40. The SMILES string of the molecule is COC(=O)C1(N)CCCC(Sc2nnc(N(C)C)s2)C1. The Morgan fingerprint density at radius 3 is 2.90 bits per heavy atom. The summed E-state index contributed by atoms with van der Waals surface area (Å²) < 4.78 is 5.75. The number of anilines is 1. The van der Waals surface area contributed by atoms with E-state index in [0.29, 0.717) is 12.8 Å². The van der Waals surface area contributed by atoms with Crippen LogP contribution in [-0.2, 0) is 9.53 Å². The number of hydrogen-bond acceptors (Lipinski definition) is 8. The second-order valence-corrected chi connectivity index (χ2v) is 7.73. The number of hydrogen-bond donors (Lipinski definition) is 1. The van der Waals surface area contributed by atoms with Crippen molar-refractivity contribution >= 4 is 34.2 Å². The van der Waals surface area contributed by atoms with Crippen molar-refractivity contribution < 1.29 is 9.53 Å². The first-order valence-corrected chi connectivity index (χ1v) is 8.19. The number of carbonyl (C=O) groups is 1. The van der Waals surface area contributed by atoms with Crippen molar-refractivity contribution in [3.05, 3.63) is 0 Å². The number of aromatic nitrogens is 2. The molecular formula is C12H20N4O2S2. The van der Waals surface area contributed by atoms with E-state index in [1.54, 1.807) is 23.1 Å². The molecule has 1 aliphatic rings. The Morgan fingerprint density at radius 1 is 1.55 bits per heavy atom. The molecule has 0 aliphatic heterocycles. The molecule has 1 heterocycles. The van der Waals surface area contributed by atoms with Crippen molar-refractivity contribution in [3.8, 4) is 0 Å². The maximum atomic E-state index is 11.8.